The number of ether oxygens (including phenoxy) is 1. The lowest BCUT2D eigenvalue weighted by atomic mass is 9.91. The van der Waals surface area contributed by atoms with E-state index in [1.807, 2.05) is 41.4 Å². The molecule has 1 heterocycles. The predicted octanol–water partition coefficient (Wildman–Crippen LogP) is 5.35. The van der Waals surface area contributed by atoms with Gasteiger partial charge in [0.15, 0.2) is 0 Å². The summed E-state index contributed by atoms with van der Waals surface area (Å²) in [5.41, 5.74) is 9.48. The number of anilines is 1. The van der Waals surface area contributed by atoms with Crippen LogP contribution in [0.5, 0.6) is 11.5 Å². The second-order valence-electron chi connectivity index (χ2n) is 7.88. The molecule has 0 spiro atoms. The number of carbonyl (C=O) groups excluding carboxylic acids is 1. The number of halogens is 1. The number of para-hydroxylation sites is 1. The summed E-state index contributed by atoms with van der Waals surface area (Å²) in [4.78, 5) is 18.8. The van der Waals surface area contributed by atoms with Crippen molar-refractivity contribution >= 4 is 35.0 Å². The average molecular weight is 424 g/mol. The van der Waals surface area contributed by atoms with Gasteiger partial charge in [0.2, 0.25) is 5.91 Å². The number of amides is 1. The van der Waals surface area contributed by atoms with E-state index in [0.717, 1.165) is 48.1 Å². The molecule has 2 aromatic rings. The van der Waals surface area contributed by atoms with Crippen molar-refractivity contribution in [3.8, 4) is 11.5 Å². The van der Waals surface area contributed by atoms with Crippen molar-refractivity contribution in [2.75, 3.05) is 4.90 Å². The molecular formula is C24H26ClN3O2. The first-order valence-corrected chi connectivity index (χ1v) is 10.7. The van der Waals surface area contributed by atoms with Gasteiger partial charge in [0.05, 0.1) is 16.8 Å². The van der Waals surface area contributed by atoms with Crippen LogP contribution in [-0.4, -0.2) is 24.2 Å². The summed E-state index contributed by atoms with van der Waals surface area (Å²) >= 11 is 6.38. The molecule has 5 nitrogen and oxygen atoms in total. The zero-order chi connectivity index (χ0) is 21.3. The van der Waals surface area contributed by atoms with Gasteiger partial charge in [0, 0.05) is 42.1 Å². The summed E-state index contributed by atoms with van der Waals surface area (Å²) in [7, 11) is 0. The van der Waals surface area contributed by atoms with Gasteiger partial charge in [0.25, 0.3) is 0 Å². The number of hydrogen-bond acceptors (Lipinski definition) is 4. The first-order chi connectivity index (χ1) is 14.5. The Morgan fingerprint density at radius 2 is 2.00 bits per heavy atom. The first kappa shape index (κ1) is 20.5. The summed E-state index contributed by atoms with van der Waals surface area (Å²) in [5, 5.41) is 0.526. The van der Waals surface area contributed by atoms with Crippen molar-refractivity contribution < 1.29 is 9.53 Å². The van der Waals surface area contributed by atoms with Gasteiger partial charge in [-0.15, -0.1) is 0 Å². The number of hydrogen-bond donors (Lipinski definition) is 1. The van der Waals surface area contributed by atoms with Gasteiger partial charge in [0.1, 0.15) is 11.5 Å². The highest BCUT2D eigenvalue weighted by molar-refractivity contribution is 6.32. The van der Waals surface area contributed by atoms with Crippen molar-refractivity contribution in [2.24, 2.45) is 10.7 Å². The molecule has 1 unspecified atom stereocenters. The van der Waals surface area contributed by atoms with E-state index in [1.54, 1.807) is 19.2 Å². The molecule has 0 radical (unpaired) electrons. The minimum atomic E-state index is 0.0183. The number of nitrogens with zero attached hydrogens (tertiary/aromatic N) is 2. The van der Waals surface area contributed by atoms with E-state index < -0.39 is 0 Å². The fraction of sp³-hybridized carbons (Fsp3) is 0.333. The number of benzene rings is 2. The molecular weight excluding hydrogens is 398 g/mol. The standard InChI is InChI=1S/C24H26ClN3O2/c1-15-7-10-20-22(28(15)16(2)29)12-11-19(17(13-26)14-27-18-8-9-18)24(20)30-23-6-4-3-5-21(23)25/h3-6,11-15,18H,7-10,26H2,1-2H3. The Bertz CT molecular complexity index is 1030. The molecule has 2 aliphatic rings. The molecule has 30 heavy (non-hydrogen) atoms. The maximum Gasteiger partial charge on any atom is 0.224 e. The third-order valence-corrected chi connectivity index (χ3v) is 5.91. The second-order valence-corrected chi connectivity index (χ2v) is 8.29. The fourth-order valence-corrected chi connectivity index (χ4v) is 4.05. The van der Waals surface area contributed by atoms with Gasteiger partial charge in [-0.1, -0.05) is 23.7 Å². The second kappa shape index (κ2) is 8.52. The normalized spacial score (nSPS) is 19.1. The Hall–Kier alpha value is -2.79. The Balaban J connectivity index is 1.85. The van der Waals surface area contributed by atoms with Gasteiger partial charge < -0.3 is 15.4 Å². The molecule has 156 valence electrons. The summed E-state index contributed by atoms with van der Waals surface area (Å²) in [6.45, 7) is 3.67. The number of rotatable bonds is 5. The van der Waals surface area contributed by atoms with E-state index in [1.165, 1.54) is 0 Å². The lowest BCUT2D eigenvalue weighted by Crippen LogP contribution is -2.40. The van der Waals surface area contributed by atoms with Crippen molar-refractivity contribution in [1.29, 1.82) is 0 Å². The summed E-state index contributed by atoms with van der Waals surface area (Å²) in [6, 6.07) is 11.8. The molecule has 6 heteroatoms. The van der Waals surface area contributed by atoms with Gasteiger partial charge in [-0.25, -0.2) is 0 Å². The van der Waals surface area contributed by atoms with E-state index in [9.17, 15) is 4.79 Å². The minimum absolute atomic E-state index is 0.0183. The zero-order valence-electron chi connectivity index (χ0n) is 17.3. The number of allylic oxidation sites excluding steroid dienone is 1. The monoisotopic (exact) mass is 423 g/mol. The van der Waals surface area contributed by atoms with Crippen LogP contribution >= 0.6 is 11.6 Å². The highest BCUT2D eigenvalue weighted by Crippen LogP contribution is 2.44. The molecule has 0 saturated heterocycles. The molecule has 1 amide bonds. The van der Waals surface area contributed by atoms with Crippen LogP contribution in [-0.2, 0) is 11.2 Å². The molecule has 0 aromatic heterocycles. The van der Waals surface area contributed by atoms with Crippen molar-refractivity contribution in [1.82, 2.24) is 0 Å². The van der Waals surface area contributed by atoms with Crippen LogP contribution in [0.25, 0.3) is 5.57 Å². The van der Waals surface area contributed by atoms with Crippen molar-refractivity contribution in [3.63, 3.8) is 0 Å². The molecule has 4 rings (SSSR count). The number of nitrogens with two attached hydrogens (primary N) is 1. The SMILES string of the molecule is CC(=O)N1c2ccc(C(C=NC3CC3)=CN)c(Oc3ccccc3Cl)c2CCC1C. The maximum atomic E-state index is 12.4. The van der Waals surface area contributed by atoms with E-state index in [-0.39, 0.29) is 11.9 Å². The Morgan fingerprint density at radius 3 is 2.67 bits per heavy atom. The number of fused-ring (bicyclic) bond motifs is 1. The quantitative estimate of drug-likeness (QED) is 0.659. The van der Waals surface area contributed by atoms with Crippen LogP contribution in [0, 0.1) is 0 Å². The summed E-state index contributed by atoms with van der Waals surface area (Å²) in [5.74, 6) is 1.26. The van der Waals surface area contributed by atoms with Crippen LogP contribution in [0.15, 0.2) is 47.6 Å². The van der Waals surface area contributed by atoms with Crippen molar-refractivity contribution in [3.05, 3.63) is 58.7 Å². The topological polar surface area (TPSA) is 67.9 Å². The third-order valence-electron chi connectivity index (χ3n) is 5.60. The zero-order valence-corrected chi connectivity index (χ0v) is 18.0. The third kappa shape index (κ3) is 4.08. The number of carbonyl (C=O) groups is 1. The average Bonchev–Trinajstić information content (AvgIpc) is 3.55. The number of aliphatic imine (C=N–C) groups is 1. The van der Waals surface area contributed by atoms with E-state index in [4.69, 9.17) is 22.1 Å². The van der Waals surface area contributed by atoms with Gasteiger partial charge >= 0.3 is 0 Å². The molecule has 1 aliphatic carbocycles. The van der Waals surface area contributed by atoms with Crippen LogP contribution in [0.4, 0.5) is 5.69 Å². The summed E-state index contributed by atoms with van der Waals surface area (Å²) < 4.78 is 6.38. The van der Waals surface area contributed by atoms with E-state index >= 15 is 0 Å². The van der Waals surface area contributed by atoms with Gasteiger partial charge in [-0.05, 0) is 56.9 Å². The largest absolute Gasteiger partial charge is 0.455 e. The Kier molecular flexibility index (Phi) is 5.82. The van der Waals surface area contributed by atoms with Gasteiger partial charge in [-0.3, -0.25) is 9.79 Å². The van der Waals surface area contributed by atoms with E-state index in [0.29, 0.717) is 22.6 Å². The van der Waals surface area contributed by atoms with Gasteiger partial charge in [-0.2, -0.15) is 0 Å². The molecule has 1 fully saturated rings. The molecule has 2 N–H and O–H groups in total. The highest BCUT2D eigenvalue weighted by atomic mass is 35.5. The maximum absolute atomic E-state index is 12.4. The predicted molar refractivity (Wildman–Crippen MR) is 123 cm³/mol. The van der Waals surface area contributed by atoms with Crippen molar-refractivity contribution in [2.45, 2.75) is 51.6 Å². The lowest BCUT2D eigenvalue weighted by molar-refractivity contribution is -0.117. The lowest BCUT2D eigenvalue weighted by Gasteiger charge is -2.36. The van der Waals surface area contributed by atoms with Crippen LogP contribution < -0.4 is 15.4 Å². The highest BCUT2D eigenvalue weighted by Gasteiger charge is 2.30. The van der Waals surface area contributed by atoms with E-state index in [2.05, 4.69) is 11.9 Å². The van der Waals surface area contributed by atoms with Crippen LogP contribution in [0.2, 0.25) is 5.02 Å². The molecule has 0 bridgehead atoms. The Morgan fingerprint density at radius 1 is 1.23 bits per heavy atom. The van der Waals surface area contributed by atoms with Crippen LogP contribution in [0.1, 0.15) is 44.2 Å². The summed E-state index contributed by atoms with van der Waals surface area (Å²) in [6.07, 6.45) is 7.27. The Labute approximate surface area is 182 Å². The molecule has 2 aromatic carbocycles. The van der Waals surface area contributed by atoms with Crippen LogP contribution in [0.3, 0.4) is 0 Å². The fourth-order valence-electron chi connectivity index (χ4n) is 3.88. The smallest absolute Gasteiger partial charge is 0.224 e. The molecule has 1 atom stereocenters. The minimum Gasteiger partial charge on any atom is -0.455 e. The first-order valence-electron chi connectivity index (χ1n) is 10.3. The molecule has 1 aliphatic heterocycles. The molecule has 1 saturated carbocycles.